The Labute approximate surface area is 77.7 Å². The molecular formula is C8H16NO4+. The minimum absolute atomic E-state index is 0.110. The lowest BCUT2D eigenvalue weighted by Crippen LogP contribution is -2.40. The van der Waals surface area contributed by atoms with Crippen LogP contribution in [-0.4, -0.2) is 42.8 Å². The van der Waals surface area contributed by atoms with Gasteiger partial charge in [0.1, 0.15) is 26.8 Å². The summed E-state index contributed by atoms with van der Waals surface area (Å²) in [5, 5.41) is 9.30. The van der Waals surface area contributed by atoms with Crippen molar-refractivity contribution in [2.24, 2.45) is 0 Å². The van der Waals surface area contributed by atoms with Crippen molar-refractivity contribution < 1.29 is 24.4 Å². The van der Waals surface area contributed by atoms with E-state index in [1.165, 1.54) is 7.05 Å². The summed E-state index contributed by atoms with van der Waals surface area (Å²) in [5.74, 6) is -0.493. The standard InChI is InChI=1S/C8H16NO4/c1-4-8(10)12-6-7-13-9(3,11)5-2/h4,11H,1,5-7H2,2-3H3/q+1. The van der Waals surface area contributed by atoms with E-state index in [1.807, 2.05) is 0 Å². The number of carbonyl (C=O) groups excluding carboxylic acids is 1. The van der Waals surface area contributed by atoms with Gasteiger partial charge in [-0.1, -0.05) is 6.58 Å². The van der Waals surface area contributed by atoms with E-state index < -0.39 is 10.8 Å². The molecule has 0 aromatic rings. The Hall–Kier alpha value is -0.910. The van der Waals surface area contributed by atoms with Crippen molar-refractivity contribution >= 4 is 5.97 Å². The molecule has 0 aliphatic rings. The van der Waals surface area contributed by atoms with Crippen LogP contribution in [0.5, 0.6) is 0 Å². The van der Waals surface area contributed by atoms with Crippen molar-refractivity contribution in [1.82, 2.24) is 0 Å². The molecule has 1 unspecified atom stereocenters. The summed E-state index contributed by atoms with van der Waals surface area (Å²) in [5.41, 5.74) is 0. The topological polar surface area (TPSA) is 55.8 Å². The van der Waals surface area contributed by atoms with Crippen LogP contribution in [0, 0.1) is 0 Å². The second-order valence-electron chi connectivity index (χ2n) is 2.57. The number of ether oxygens (including phenoxy) is 1. The number of carbonyl (C=O) groups is 1. The highest BCUT2D eigenvalue weighted by atomic mass is 16.9. The number of hydrogen-bond acceptors (Lipinski definition) is 4. The highest BCUT2D eigenvalue weighted by molar-refractivity contribution is 5.81. The SMILES string of the molecule is C=CC(=O)OCCO[N+](C)(O)CC. The molecule has 0 aliphatic heterocycles. The molecule has 76 valence electrons. The van der Waals surface area contributed by atoms with E-state index in [-0.39, 0.29) is 13.2 Å². The average Bonchev–Trinajstić information content (AvgIpc) is 2.12. The van der Waals surface area contributed by atoms with Crippen LogP contribution in [0.4, 0.5) is 0 Å². The summed E-state index contributed by atoms with van der Waals surface area (Å²) < 4.78 is 4.63. The van der Waals surface area contributed by atoms with Gasteiger partial charge in [0, 0.05) is 6.08 Å². The van der Waals surface area contributed by atoms with Gasteiger partial charge in [-0.25, -0.2) is 4.79 Å². The van der Waals surface area contributed by atoms with E-state index in [2.05, 4.69) is 11.3 Å². The largest absolute Gasteiger partial charge is 0.460 e. The van der Waals surface area contributed by atoms with Gasteiger partial charge in [-0.15, -0.1) is 0 Å². The van der Waals surface area contributed by atoms with Crippen molar-refractivity contribution in [2.45, 2.75) is 6.92 Å². The Morgan fingerprint density at radius 2 is 2.23 bits per heavy atom. The summed E-state index contributed by atoms with van der Waals surface area (Å²) in [6.45, 7) is 5.70. The predicted molar refractivity (Wildman–Crippen MR) is 45.6 cm³/mol. The maximum atomic E-state index is 10.5. The lowest BCUT2D eigenvalue weighted by molar-refractivity contribution is -1.23. The predicted octanol–water partition coefficient (Wildman–Crippen LogP) is 0.503. The third-order valence-electron chi connectivity index (χ3n) is 1.45. The highest BCUT2D eigenvalue weighted by Gasteiger charge is 2.16. The molecule has 0 heterocycles. The quantitative estimate of drug-likeness (QED) is 0.218. The van der Waals surface area contributed by atoms with E-state index in [0.717, 1.165) is 6.08 Å². The van der Waals surface area contributed by atoms with Crippen LogP contribution in [0.3, 0.4) is 0 Å². The molecule has 13 heavy (non-hydrogen) atoms. The molecule has 0 spiro atoms. The Morgan fingerprint density at radius 3 is 2.69 bits per heavy atom. The van der Waals surface area contributed by atoms with Gasteiger partial charge in [-0.3, -0.25) is 0 Å². The first-order valence-electron chi connectivity index (χ1n) is 4.04. The van der Waals surface area contributed by atoms with E-state index >= 15 is 0 Å². The van der Waals surface area contributed by atoms with Gasteiger partial charge in [-0.05, 0) is 11.7 Å². The van der Waals surface area contributed by atoms with Crippen molar-refractivity contribution in [3.63, 3.8) is 0 Å². The zero-order valence-electron chi connectivity index (χ0n) is 8.02. The molecule has 0 aromatic carbocycles. The average molecular weight is 190 g/mol. The Balaban J connectivity index is 3.46. The van der Waals surface area contributed by atoms with Gasteiger partial charge in [-0.2, -0.15) is 10.0 Å². The molecule has 0 aromatic heterocycles. The molecule has 0 rings (SSSR count). The fourth-order valence-electron chi connectivity index (χ4n) is 0.526. The molecule has 1 atom stereocenters. The number of rotatable bonds is 6. The van der Waals surface area contributed by atoms with Crippen LogP contribution in [0.25, 0.3) is 0 Å². The van der Waals surface area contributed by atoms with Gasteiger partial charge in [0.15, 0.2) is 0 Å². The van der Waals surface area contributed by atoms with Crippen LogP contribution in [0.1, 0.15) is 6.92 Å². The molecule has 0 bridgehead atoms. The third kappa shape index (κ3) is 6.27. The Bertz CT molecular complexity index is 179. The maximum absolute atomic E-state index is 10.5. The monoisotopic (exact) mass is 190 g/mol. The molecule has 0 aliphatic carbocycles. The molecule has 5 nitrogen and oxygen atoms in total. The number of nitrogens with zero attached hydrogens (tertiary/aromatic N) is 1. The fraction of sp³-hybridized carbons (Fsp3) is 0.625. The molecule has 0 radical (unpaired) electrons. The number of hydrogen-bond donors (Lipinski definition) is 1. The minimum Gasteiger partial charge on any atom is -0.460 e. The summed E-state index contributed by atoms with van der Waals surface area (Å²) >= 11 is 0. The second-order valence-corrected chi connectivity index (χ2v) is 2.57. The van der Waals surface area contributed by atoms with Gasteiger partial charge in [0.05, 0.1) is 0 Å². The van der Waals surface area contributed by atoms with Gasteiger partial charge in [0.25, 0.3) is 0 Å². The molecule has 0 saturated heterocycles. The number of esters is 1. The van der Waals surface area contributed by atoms with E-state index in [1.54, 1.807) is 6.92 Å². The second kappa shape index (κ2) is 5.69. The third-order valence-corrected chi connectivity index (χ3v) is 1.45. The minimum atomic E-state index is -0.536. The van der Waals surface area contributed by atoms with Crippen LogP contribution in [0.2, 0.25) is 0 Å². The van der Waals surface area contributed by atoms with E-state index in [4.69, 9.17) is 4.84 Å². The maximum Gasteiger partial charge on any atom is 0.330 e. The zero-order chi connectivity index (χ0) is 10.3. The van der Waals surface area contributed by atoms with Crippen LogP contribution in [-0.2, 0) is 14.4 Å². The normalized spacial score (nSPS) is 14.7. The first-order chi connectivity index (χ1) is 6.02. The number of hydroxylamine groups is 4. The van der Waals surface area contributed by atoms with Gasteiger partial charge < -0.3 is 4.74 Å². The van der Waals surface area contributed by atoms with Gasteiger partial charge >= 0.3 is 5.97 Å². The zero-order valence-corrected chi connectivity index (χ0v) is 8.02. The highest BCUT2D eigenvalue weighted by Crippen LogP contribution is 1.96. The Kier molecular flexibility index (Phi) is 5.29. The van der Waals surface area contributed by atoms with Crippen molar-refractivity contribution in [3.8, 4) is 0 Å². The van der Waals surface area contributed by atoms with Crippen LogP contribution < -0.4 is 0 Å². The van der Waals surface area contributed by atoms with Gasteiger partial charge in [0.2, 0.25) is 0 Å². The van der Waals surface area contributed by atoms with Crippen molar-refractivity contribution in [2.75, 3.05) is 26.8 Å². The Morgan fingerprint density at radius 1 is 1.62 bits per heavy atom. The summed E-state index contributed by atoms with van der Waals surface area (Å²) in [4.78, 5) is 15.0. The summed E-state index contributed by atoms with van der Waals surface area (Å²) in [7, 11) is 1.50. The van der Waals surface area contributed by atoms with Crippen molar-refractivity contribution in [3.05, 3.63) is 12.7 Å². The lowest BCUT2D eigenvalue weighted by Gasteiger charge is -2.20. The molecule has 0 amide bonds. The van der Waals surface area contributed by atoms with Crippen molar-refractivity contribution in [1.29, 1.82) is 0 Å². The van der Waals surface area contributed by atoms with Crippen LogP contribution in [0.15, 0.2) is 12.7 Å². The van der Waals surface area contributed by atoms with Crippen LogP contribution >= 0.6 is 0 Å². The van der Waals surface area contributed by atoms with E-state index in [9.17, 15) is 10.0 Å². The molecule has 1 N–H and O–H groups in total. The molecule has 5 heteroatoms. The smallest absolute Gasteiger partial charge is 0.330 e. The molecule has 0 saturated carbocycles. The van der Waals surface area contributed by atoms with E-state index in [0.29, 0.717) is 6.54 Å². The first-order valence-corrected chi connectivity index (χ1v) is 4.04. The fourth-order valence-corrected chi connectivity index (χ4v) is 0.526. The first kappa shape index (κ1) is 12.1. The summed E-state index contributed by atoms with van der Waals surface area (Å²) in [6.07, 6.45) is 1.08. The molecular weight excluding hydrogens is 174 g/mol. The lowest BCUT2D eigenvalue weighted by atomic mass is 10.6. The molecule has 0 fully saturated rings. The number of quaternary nitrogens is 1. The summed E-state index contributed by atoms with van der Waals surface area (Å²) in [6, 6.07) is 0.